The van der Waals surface area contributed by atoms with Crippen molar-refractivity contribution in [2.75, 3.05) is 0 Å². The average molecular weight is 252 g/mol. The molecule has 0 saturated heterocycles. The van der Waals surface area contributed by atoms with Crippen LogP contribution in [0.25, 0.3) is 10.9 Å². The van der Waals surface area contributed by atoms with Crippen LogP contribution in [0.3, 0.4) is 0 Å². The second-order valence-electron chi connectivity index (χ2n) is 4.10. The van der Waals surface area contributed by atoms with E-state index in [2.05, 4.69) is 9.97 Å². The predicted octanol–water partition coefficient (Wildman–Crippen LogP) is 2.91. The Morgan fingerprint density at radius 3 is 2.53 bits per heavy atom. The summed E-state index contributed by atoms with van der Waals surface area (Å²) in [6.07, 6.45) is 1.49. The van der Waals surface area contributed by atoms with E-state index in [1.54, 1.807) is 0 Å². The third kappa shape index (κ3) is 2.39. The lowest BCUT2D eigenvalue weighted by atomic mass is 10.2. The number of para-hydroxylation sites is 1. The molecule has 1 aromatic heterocycles. The molecule has 19 heavy (non-hydrogen) atoms. The van der Waals surface area contributed by atoms with Gasteiger partial charge in [-0.25, -0.2) is 9.97 Å². The van der Waals surface area contributed by atoms with Gasteiger partial charge in [0.25, 0.3) is 0 Å². The van der Waals surface area contributed by atoms with E-state index in [0.29, 0.717) is 11.6 Å². The van der Waals surface area contributed by atoms with Gasteiger partial charge in [-0.05, 0) is 29.8 Å². The van der Waals surface area contributed by atoms with Crippen LogP contribution in [0, 0.1) is 0 Å². The average Bonchev–Trinajstić information content (AvgIpc) is 2.48. The highest BCUT2D eigenvalue weighted by Crippen LogP contribution is 2.26. The van der Waals surface area contributed by atoms with Gasteiger partial charge in [0, 0.05) is 0 Å². The lowest BCUT2D eigenvalue weighted by Gasteiger charge is -2.07. The number of fused-ring (bicyclic) bond motifs is 1. The highest BCUT2D eigenvalue weighted by Gasteiger charge is 2.05. The summed E-state index contributed by atoms with van der Waals surface area (Å²) in [5.41, 5.74) is 1.69. The van der Waals surface area contributed by atoms with Crippen molar-refractivity contribution in [1.82, 2.24) is 9.97 Å². The van der Waals surface area contributed by atoms with Gasteiger partial charge in [0.05, 0.1) is 17.5 Å². The van der Waals surface area contributed by atoms with Gasteiger partial charge in [-0.15, -0.1) is 0 Å². The highest BCUT2D eigenvalue weighted by molar-refractivity contribution is 5.83. The summed E-state index contributed by atoms with van der Waals surface area (Å²) in [5.74, 6) is 1.21. The Hall–Kier alpha value is -2.46. The molecule has 0 fully saturated rings. The number of ether oxygens (including phenoxy) is 1. The number of nitrogens with zero attached hydrogens (tertiary/aromatic N) is 2. The predicted molar refractivity (Wildman–Crippen MR) is 72.0 cm³/mol. The number of hydrogen-bond donors (Lipinski definition) is 1. The zero-order valence-electron chi connectivity index (χ0n) is 10.2. The minimum atomic E-state index is 0.0245. The molecule has 0 aliphatic carbocycles. The van der Waals surface area contributed by atoms with Crippen molar-refractivity contribution in [3.05, 3.63) is 60.4 Å². The molecule has 0 bridgehead atoms. The molecule has 4 heteroatoms. The molecule has 1 N–H and O–H groups in total. The summed E-state index contributed by atoms with van der Waals surface area (Å²) in [7, 11) is 0. The lowest BCUT2D eigenvalue weighted by molar-refractivity contribution is 0.281. The van der Waals surface area contributed by atoms with Crippen LogP contribution in [0.1, 0.15) is 5.56 Å². The maximum absolute atomic E-state index is 9.00. The van der Waals surface area contributed by atoms with E-state index in [-0.39, 0.29) is 6.61 Å². The molecule has 0 amide bonds. The van der Waals surface area contributed by atoms with Crippen LogP contribution in [0.15, 0.2) is 54.9 Å². The van der Waals surface area contributed by atoms with Gasteiger partial charge in [0.15, 0.2) is 0 Å². The van der Waals surface area contributed by atoms with Crippen LogP contribution in [-0.4, -0.2) is 15.1 Å². The zero-order valence-corrected chi connectivity index (χ0v) is 10.2. The molecule has 3 aromatic rings. The molecule has 0 unspecified atom stereocenters. The van der Waals surface area contributed by atoms with Crippen LogP contribution in [0.2, 0.25) is 0 Å². The Morgan fingerprint density at radius 2 is 1.74 bits per heavy atom. The number of rotatable bonds is 3. The Labute approximate surface area is 110 Å². The van der Waals surface area contributed by atoms with Crippen molar-refractivity contribution >= 4 is 10.9 Å². The van der Waals surface area contributed by atoms with Crippen molar-refractivity contribution < 1.29 is 9.84 Å². The quantitative estimate of drug-likeness (QED) is 0.778. The molecule has 1 heterocycles. The molecule has 0 aliphatic heterocycles. The Bertz CT molecular complexity index is 691. The maximum Gasteiger partial charge on any atom is 0.230 e. The highest BCUT2D eigenvalue weighted by atomic mass is 16.5. The summed E-state index contributed by atoms with van der Waals surface area (Å²) >= 11 is 0. The summed E-state index contributed by atoms with van der Waals surface area (Å²) in [6, 6.07) is 14.9. The van der Waals surface area contributed by atoms with E-state index in [4.69, 9.17) is 9.84 Å². The topological polar surface area (TPSA) is 55.2 Å². The van der Waals surface area contributed by atoms with Gasteiger partial charge in [0.2, 0.25) is 5.88 Å². The standard InChI is InChI=1S/C15H12N2O2/c18-9-11-5-7-12(8-6-11)19-15-13-3-1-2-4-14(13)16-10-17-15/h1-8,10,18H,9H2. The second kappa shape index (κ2) is 5.04. The molecule has 2 aromatic carbocycles. The van der Waals surface area contributed by atoms with Crippen LogP contribution in [-0.2, 0) is 6.61 Å². The van der Waals surface area contributed by atoms with E-state index in [0.717, 1.165) is 16.5 Å². The molecule has 0 aliphatic rings. The first kappa shape index (κ1) is 11.6. The van der Waals surface area contributed by atoms with Gasteiger partial charge in [0.1, 0.15) is 12.1 Å². The normalized spacial score (nSPS) is 10.6. The largest absolute Gasteiger partial charge is 0.438 e. The first-order valence-electron chi connectivity index (χ1n) is 5.94. The smallest absolute Gasteiger partial charge is 0.230 e. The second-order valence-corrected chi connectivity index (χ2v) is 4.10. The fourth-order valence-electron chi connectivity index (χ4n) is 1.84. The minimum Gasteiger partial charge on any atom is -0.438 e. The maximum atomic E-state index is 9.00. The fourth-order valence-corrected chi connectivity index (χ4v) is 1.84. The molecule has 0 radical (unpaired) electrons. The minimum absolute atomic E-state index is 0.0245. The first-order valence-corrected chi connectivity index (χ1v) is 5.94. The number of aromatic nitrogens is 2. The monoisotopic (exact) mass is 252 g/mol. The van der Waals surface area contributed by atoms with E-state index in [1.165, 1.54) is 6.33 Å². The van der Waals surface area contributed by atoms with Crippen molar-refractivity contribution in [3.8, 4) is 11.6 Å². The molecular weight excluding hydrogens is 240 g/mol. The lowest BCUT2D eigenvalue weighted by Crippen LogP contribution is -1.91. The summed E-state index contributed by atoms with van der Waals surface area (Å²) < 4.78 is 5.76. The Balaban J connectivity index is 1.96. The zero-order chi connectivity index (χ0) is 13.1. The summed E-state index contributed by atoms with van der Waals surface area (Å²) in [6.45, 7) is 0.0245. The Kier molecular flexibility index (Phi) is 3.08. The fraction of sp³-hybridized carbons (Fsp3) is 0.0667. The third-order valence-electron chi connectivity index (χ3n) is 2.83. The molecule has 3 rings (SSSR count). The van der Waals surface area contributed by atoms with E-state index < -0.39 is 0 Å². The van der Waals surface area contributed by atoms with Gasteiger partial charge in [-0.3, -0.25) is 0 Å². The SMILES string of the molecule is OCc1ccc(Oc2ncnc3ccccc23)cc1. The number of aliphatic hydroxyl groups excluding tert-OH is 1. The first-order chi connectivity index (χ1) is 9.36. The number of hydrogen-bond acceptors (Lipinski definition) is 4. The van der Waals surface area contributed by atoms with Crippen LogP contribution >= 0.6 is 0 Å². The van der Waals surface area contributed by atoms with Crippen molar-refractivity contribution in [3.63, 3.8) is 0 Å². The van der Waals surface area contributed by atoms with Crippen molar-refractivity contribution in [1.29, 1.82) is 0 Å². The molecule has 0 spiro atoms. The van der Waals surface area contributed by atoms with E-state index >= 15 is 0 Å². The van der Waals surface area contributed by atoms with Gasteiger partial charge >= 0.3 is 0 Å². The Morgan fingerprint density at radius 1 is 0.947 bits per heavy atom. The molecule has 4 nitrogen and oxygen atoms in total. The summed E-state index contributed by atoms with van der Waals surface area (Å²) in [4.78, 5) is 8.35. The van der Waals surface area contributed by atoms with Crippen molar-refractivity contribution in [2.24, 2.45) is 0 Å². The van der Waals surface area contributed by atoms with E-state index in [9.17, 15) is 0 Å². The van der Waals surface area contributed by atoms with Crippen LogP contribution < -0.4 is 4.74 Å². The molecule has 0 atom stereocenters. The van der Waals surface area contributed by atoms with Gasteiger partial charge in [-0.2, -0.15) is 0 Å². The van der Waals surface area contributed by atoms with Crippen LogP contribution in [0.4, 0.5) is 0 Å². The third-order valence-corrected chi connectivity index (χ3v) is 2.83. The number of aliphatic hydroxyl groups is 1. The number of benzene rings is 2. The van der Waals surface area contributed by atoms with Crippen LogP contribution in [0.5, 0.6) is 11.6 Å². The summed E-state index contributed by atoms with van der Waals surface area (Å²) in [5, 5.41) is 9.87. The van der Waals surface area contributed by atoms with Gasteiger partial charge < -0.3 is 9.84 Å². The molecule has 94 valence electrons. The molecular formula is C15H12N2O2. The van der Waals surface area contributed by atoms with E-state index in [1.807, 2.05) is 48.5 Å². The van der Waals surface area contributed by atoms with Gasteiger partial charge in [-0.1, -0.05) is 24.3 Å². The van der Waals surface area contributed by atoms with Crippen molar-refractivity contribution in [2.45, 2.75) is 6.61 Å². The molecule has 0 saturated carbocycles.